The lowest BCUT2D eigenvalue weighted by atomic mass is 9.92. The molecule has 0 aliphatic carbocycles. The van der Waals surface area contributed by atoms with Crippen LogP contribution in [-0.2, 0) is 10.2 Å². The molecule has 1 rings (SSSR count). The lowest BCUT2D eigenvalue weighted by molar-refractivity contribution is 0.0687. The van der Waals surface area contributed by atoms with E-state index in [1.54, 1.807) is 0 Å². The van der Waals surface area contributed by atoms with Crippen LogP contribution in [0.2, 0.25) is 0 Å². The molecule has 0 fully saturated rings. The van der Waals surface area contributed by atoms with Gasteiger partial charge in [-0.2, -0.15) is 8.42 Å². The summed E-state index contributed by atoms with van der Waals surface area (Å²) in [6.45, 7) is 3.94. The van der Waals surface area contributed by atoms with Gasteiger partial charge in [0.25, 0.3) is 0 Å². The van der Waals surface area contributed by atoms with Gasteiger partial charge in [0.1, 0.15) is 5.69 Å². The molecule has 6 nitrogen and oxygen atoms in total. The smallest absolute Gasteiger partial charge is 0.353 e. The van der Waals surface area contributed by atoms with E-state index < -0.39 is 16.2 Å². The van der Waals surface area contributed by atoms with Gasteiger partial charge in [0.15, 0.2) is 0 Å². The van der Waals surface area contributed by atoms with Gasteiger partial charge in [-0.15, -0.1) is 0 Å². The molecular weight excluding hydrogens is 256 g/mol. The highest BCUT2D eigenvalue weighted by molar-refractivity contribution is 7.87. The van der Waals surface area contributed by atoms with Gasteiger partial charge in [0.2, 0.25) is 0 Å². The molecule has 0 bridgehead atoms. The number of hydrogen-bond acceptors (Lipinski definition) is 3. The molecule has 0 aliphatic rings. The predicted octanol–water partition coefficient (Wildman–Crippen LogP) is 1.53. The molecule has 0 amide bonds. The highest BCUT2D eigenvalue weighted by atomic mass is 32.2. The fraction of sp³-hybridized carbons (Fsp3) is 0.545. The molecule has 7 heteroatoms. The van der Waals surface area contributed by atoms with Crippen LogP contribution >= 0.6 is 0 Å². The summed E-state index contributed by atoms with van der Waals surface area (Å²) >= 11 is 0. The summed E-state index contributed by atoms with van der Waals surface area (Å²) in [4.78, 5) is 11.2. The van der Waals surface area contributed by atoms with Crippen molar-refractivity contribution in [3.8, 4) is 0 Å². The van der Waals surface area contributed by atoms with Gasteiger partial charge in [-0.25, -0.2) is 13.9 Å². The maximum Gasteiger partial charge on any atom is 0.353 e. The number of carboxylic acids is 1. The maximum atomic E-state index is 11.3. The summed E-state index contributed by atoms with van der Waals surface area (Å²) in [5.41, 5.74) is 0.277. The second kappa shape index (κ2) is 5.53. The van der Waals surface area contributed by atoms with Gasteiger partial charge in [-0.1, -0.05) is 20.3 Å². The summed E-state index contributed by atoms with van der Waals surface area (Å²) in [7, 11) is -4.08. The van der Waals surface area contributed by atoms with Gasteiger partial charge < -0.3 is 5.11 Å². The Hall–Kier alpha value is -1.34. The van der Waals surface area contributed by atoms with E-state index in [1.807, 2.05) is 13.8 Å². The molecule has 0 aliphatic heterocycles. The van der Waals surface area contributed by atoms with Crippen molar-refractivity contribution in [1.29, 1.82) is 0 Å². The summed E-state index contributed by atoms with van der Waals surface area (Å²) in [6.07, 6.45) is 3.67. The molecule has 18 heavy (non-hydrogen) atoms. The van der Waals surface area contributed by atoms with Crippen LogP contribution in [0.25, 0.3) is 0 Å². The first-order valence-corrected chi connectivity index (χ1v) is 7.31. The SMILES string of the molecule is CCCC(CC)c1ccn(S(N)(=O)=O)c1C(=O)O. The van der Waals surface area contributed by atoms with Crippen molar-refractivity contribution >= 4 is 16.2 Å². The summed E-state index contributed by atoms with van der Waals surface area (Å²) in [5, 5.41) is 14.2. The third-order valence-electron chi connectivity index (χ3n) is 2.93. The molecular formula is C11H18N2O4S. The van der Waals surface area contributed by atoms with E-state index in [0.717, 1.165) is 19.3 Å². The number of aromatic carboxylic acids is 1. The molecule has 1 aromatic heterocycles. The third-order valence-corrected chi connectivity index (χ3v) is 3.78. The number of carboxylic acid groups (broad SMARTS) is 1. The summed E-state index contributed by atoms with van der Waals surface area (Å²) < 4.78 is 23.3. The molecule has 1 heterocycles. The zero-order valence-electron chi connectivity index (χ0n) is 10.5. The van der Waals surface area contributed by atoms with Crippen molar-refractivity contribution in [1.82, 2.24) is 3.97 Å². The zero-order valence-corrected chi connectivity index (χ0v) is 11.3. The number of hydrogen-bond donors (Lipinski definition) is 2. The Kier molecular flexibility index (Phi) is 4.53. The van der Waals surface area contributed by atoms with Crippen LogP contribution in [0.15, 0.2) is 12.3 Å². The van der Waals surface area contributed by atoms with E-state index in [1.165, 1.54) is 12.3 Å². The molecule has 0 saturated heterocycles. The number of nitrogens with zero attached hydrogens (tertiary/aromatic N) is 1. The van der Waals surface area contributed by atoms with E-state index in [-0.39, 0.29) is 11.6 Å². The van der Waals surface area contributed by atoms with Gasteiger partial charge in [-0.05, 0) is 30.4 Å². The van der Waals surface area contributed by atoms with E-state index in [2.05, 4.69) is 0 Å². The molecule has 102 valence electrons. The minimum Gasteiger partial charge on any atom is -0.477 e. The second-order valence-electron chi connectivity index (χ2n) is 4.16. The van der Waals surface area contributed by atoms with Gasteiger partial charge in [-0.3, -0.25) is 0 Å². The topological polar surface area (TPSA) is 102 Å². The molecule has 3 N–H and O–H groups in total. The minimum atomic E-state index is -4.08. The largest absolute Gasteiger partial charge is 0.477 e. The Morgan fingerprint density at radius 2 is 2.11 bits per heavy atom. The van der Waals surface area contributed by atoms with Crippen molar-refractivity contribution in [3.63, 3.8) is 0 Å². The number of aromatic nitrogens is 1. The number of nitrogens with two attached hydrogens (primary N) is 1. The average molecular weight is 274 g/mol. The standard InChI is InChI=1S/C11H18N2O4S/c1-3-5-8(4-2)9-6-7-13(18(12,16)17)10(9)11(14)15/h6-8H,3-5H2,1-2H3,(H,14,15)(H2,12,16,17). The molecule has 0 aromatic carbocycles. The van der Waals surface area contributed by atoms with E-state index in [4.69, 9.17) is 5.14 Å². The number of rotatable bonds is 6. The Morgan fingerprint density at radius 3 is 2.50 bits per heavy atom. The molecule has 1 aromatic rings. The van der Waals surface area contributed by atoms with E-state index in [0.29, 0.717) is 9.54 Å². The lowest BCUT2D eigenvalue weighted by Gasteiger charge is -2.14. The van der Waals surface area contributed by atoms with Crippen LogP contribution in [0.5, 0.6) is 0 Å². The number of carbonyl (C=O) groups is 1. The Bertz CT molecular complexity index is 533. The van der Waals surface area contributed by atoms with Gasteiger partial charge in [0, 0.05) is 6.20 Å². The minimum absolute atomic E-state index is 0.0316. The van der Waals surface area contributed by atoms with Crippen LogP contribution in [0, 0.1) is 0 Å². The van der Waals surface area contributed by atoms with E-state index in [9.17, 15) is 18.3 Å². The molecule has 0 spiro atoms. The predicted molar refractivity (Wildman–Crippen MR) is 67.8 cm³/mol. The monoisotopic (exact) mass is 274 g/mol. The van der Waals surface area contributed by atoms with Crippen LogP contribution in [0.4, 0.5) is 0 Å². The van der Waals surface area contributed by atoms with Crippen LogP contribution in [-0.4, -0.2) is 23.5 Å². The van der Waals surface area contributed by atoms with Crippen molar-refractivity contribution in [3.05, 3.63) is 23.5 Å². The Labute approximate surface area is 107 Å². The summed E-state index contributed by atoms with van der Waals surface area (Å²) in [6, 6.07) is 1.53. The Balaban J connectivity index is 3.38. The van der Waals surface area contributed by atoms with E-state index >= 15 is 0 Å². The first kappa shape index (κ1) is 14.7. The first-order valence-electron chi connectivity index (χ1n) is 5.80. The highest BCUT2D eigenvalue weighted by Crippen LogP contribution is 2.29. The highest BCUT2D eigenvalue weighted by Gasteiger charge is 2.25. The van der Waals surface area contributed by atoms with Crippen LogP contribution in [0.3, 0.4) is 0 Å². The van der Waals surface area contributed by atoms with Crippen molar-refractivity contribution in [2.75, 3.05) is 0 Å². The second-order valence-corrected chi connectivity index (χ2v) is 5.58. The summed E-state index contributed by atoms with van der Waals surface area (Å²) in [5.74, 6) is -1.25. The maximum absolute atomic E-state index is 11.3. The van der Waals surface area contributed by atoms with Crippen LogP contribution in [0.1, 0.15) is 55.1 Å². The zero-order chi connectivity index (χ0) is 13.9. The molecule has 1 unspecified atom stereocenters. The van der Waals surface area contributed by atoms with Crippen molar-refractivity contribution < 1.29 is 18.3 Å². The molecule has 1 atom stereocenters. The molecule has 0 saturated carbocycles. The van der Waals surface area contributed by atoms with Crippen molar-refractivity contribution in [2.24, 2.45) is 5.14 Å². The average Bonchev–Trinajstić information content (AvgIpc) is 2.69. The third kappa shape index (κ3) is 2.91. The lowest BCUT2D eigenvalue weighted by Crippen LogP contribution is -2.25. The van der Waals surface area contributed by atoms with Gasteiger partial charge >= 0.3 is 16.2 Å². The fourth-order valence-corrected chi connectivity index (χ4v) is 2.78. The van der Waals surface area contributed by atoms with Crippen molar-refractivity contribution in [2.45, 2.75) is 39.0 Å². The van der Waals surface area contributed by atoms with Crippen LogP contribution < -0.4 is 5.14 Å². The fourth-order valence-electron chi connectivity index (χ4n) is 2.12. The Morgan fingerprint density at radius 1 is 1.50 bits per heavy atom. The normalized spacial score (nSPS) is 13.5. The van der Waals surface area contributed by atoms with Gasteiger partial charge in [0.05, 0.1) is 0 Å². The molecule has 0 radical (unpaired) electrons. The quantitative estimate of drug-likeness (QED) is 0.821. The first-order chi connectivity index (χ1) is 8.32.